The summed E-state index contributed by atoms with van der Waals surface area (Å²) in [5.41, 5.74) is 6.10. The quantitative estimate of drug-likeness (QED) is 0.697. The highest BCUT2D eigenvalue weighted by Crippen LogP contribution is 2.27. The summed E-state index contributed by atoms with van der Waals surface area (Å²) in [6.07, 6.45) is 1.19. The fraction of sp³-hybridized carbons (Fsp3) is 0.900. The molecule has 82 valence electrons. The molecular formula is C10H20N2O2. The lowest BCUT2D eigenvalue weighted by Crippen LogP contribution is -2.52. The Balaban J connectivity index is 2.39. The average molecular weight is 200 g/mol. The number of nitrogens with two attached hydrogens (primary N) is 1. The van der Waals surface area contributed by atoms with Gasteiger partial charge in [-0.25, -0.2) is 0 Å². The molecule has 1 aliphatic rings. The van der Waals surface area contributed by atoms with Gasteiger partial charge in [-0.1, -0.05) is 13.8 Å². The third-order valence-electron chi connectivity index (χ3n) is 3.03. The van der Waals surface area contributed by atoms with Crippen molar-refractivity contribution in [1.82, 2.24) is 4.90 Å². The molecule has 1 heterocycles. The van der Waals surface area contributed by atoms with Crippen molar-refractivity contribution in [2.75, 3.05) is 19.6 Å². The van der Waals surface area contributed by atoms with Crippen LogP contribution in [0.1, 0.15) is 26.7 Å². The van der Waals surface area contributed by atoms with Crippen molar-refractivity contribution >= 4 is 5.97 Å². The summed E-state index contributed by atoms with van der Waals surface area (Å²) in [5.74, 6) is -0.724. The molecule has 1 rings (SSSR count). The molecule has 1 fully saturated rings. The van der Waals surface area contributed by atoms with E-state index in [1.807, 2.05) is 0 Å². The highest BCUT2D eigenvalue weighted by Gasteiger charge is 2.33. The molecule has 0 spiro atoms. The third kappa shape index (κ3) is 2.96. The molecule has 0 aromatic rings. The summed E-state index contributed by atoms with van der Waals surface area (Å²) in [4.78, 5) is 12.6. The van der Waals surface area contributed by atoms with E-state index in [0.717, 1.165) is 19.5 Å². The second-order valence-corrected chi connectivity index (χ2v) is 4.80. The van der Waals surface area contributed by atoms with Crippen LogP contribution in [0.2, 0.25) is 0 Å². The SMILES string of the molecule is CC1(C)CN(CCC(=O)O)CCC1N. The molecule has 0 aromatic heterocycles. The number of hydrogen-bond acceptors (Lipinski definition) is 3. The van der Waals surface area contributed by atoms with Crippen molar-refractivity contribution < 1.29 is 9.90 Å². The molecule has 4 heteroatoms. The van der Waals surface area contributed by atoms with Gasteiger partial charge in [-0.05, 0) is 18.4 Å². The Labute approximate surface area is 85.1 Å². The Morgan fingerprint density at radius 2 is 2.29 bits per heavy atom. The molecule has 0 aliphatic carbocycles. The van der Waals surface area contributed by atoms with Crippen LogP contribution < -0.4 is 5.73 Å². The van der Waals surface area contributed by atoms with Crippen LogP contribution in [0.25, 0.3) is 0 Å². The van der Waals surface area contributed by atoms with E-state index in [-0.39, 0.29) is 17.9 Å². The van der Waals surface area contributed by atoms with Crippen molar-refractivity contribution in [1.29, 1.82) is 0 Å². The summed E-state index contributed by atoms with van der Waals surface area (Å²) in [6.45, 7) is 6.76. The van der Waals surface area contributed by atoms with Gasteiger partial charge in [-0.3, -0.25) is 4.79 Å². The number of nitrogens with zero attached hydrogens (tertiary/aromatic N) is 1. The summed E-state index contributed by atoms with van der Waals surface area (Å²) in [7, 11) is 0. The summed E-state index contributed by atoms with van der Waals surface area (Å²) >= 11 is 0. The number of carboxylic acids is 1. The third-order valence-corrected chi connectivity index (χ3v) is 3.03. The van der Waals surface area contributed by atoms with Gasteiger partial charge in [0.1, 0.15) is 0 Å². The fourth-order valence-corrected chi connectivity index (χ4v) is 1.93. The molecule has 1 saturated heterocycles. The van der Waals surface area contributed by atoms with Crippen LogP contribution in [0.4, 0.5) is 0 Å². The Bertz CT molecular complexity index is 216. The molecule has 1 aliphatic heterocycles. The van der Waals surface area contributed by atoms with Crippen molar-refractivity contribution in [3.8, 4) is 0 Å². The number of rotatable bonds is 3. The van der Waals surface area contributed by atoms with Gasteiger partial charge in [0, 0.05) is 19.1 Å². The topological polar surface area (TPSA) is 66.6 Å². The van der Waals surface area contributed by atoms with Gasteiger partial charge in [0.15, 0.2) is 0 Å². The lowest BCUT2D eigenvalue weighted by atomic mass is 9.80. The smallest absolute Gasteiger partial charge is 0.304 e. The van der Waals surface area contributed by atoms with Crippen LogP contribution in [0.15, 0.2) is 0 Å². The minimum absolute atomic E-state index is 0.108. The van der Waals surface area contributed by atoms with Crippen molar-refractivity contribution in [2.45, 2.75) is 32.7 Å². The van der Waals surface area contributed by atoms with Crippen LogP contribution in [-0.2, 0) is 4.79 Å². The first kappa shape index (κ1) is 11.5. The lowest BCUT2D eigenvalue weighted by molar-refractivity contribution is -0.137. The van der Waals surface area contributed by atoms with E-state index in [9.17, 15) is 4.79 Å². The van der Waals surface area contributed by atoms with Crippen molar-refractivity contribution in [2.24, 2.45) is 11.1 Å². The molecule has 0 saturated carbocycles. The molecule has 3 N–H and O–H groups in total. The normalized spacial score (nSPS) is 27.5. The number of aliphatic carboxylic acids is 1. The number of hydrogen-bond donors (Lipinski definition) is 2. The number of likely N-dealkylation sites (tertiary alicyclic amines) is 1. The largest absolute Gasteiger partial charge is 0.481 e. The van der Waals surface area contributed by atoms with Crippen LogP contribution in [-0.4, -0.2) is 41.7 Å². The van der Waals surface area contributed by atoms with Crippen molar-refractivity contribution in [3.05, 3.63) is 0 Å². The zero-order chi connectivity index (χ0) is 10.8. The molecule has 0 radical (unpaired) electrons. The molecule has 1 atom stereocenters. The first-order chi connectivity index (χ1) is 6.42. The average Bonchev–Trinajstić information content (AvgIpc) is 2.07. The minimum atomic E-state index is -0.724. The van der Waals surface area contributed by atoms with Gasteiger partial charge in [0.25, 0.3) is 0 Å². The van der Waals surface area contributed by atoms with Crippen LogP contribution in [0.5, 0.6) is 0 Å². The van der Waals surface area contributed by atoms with Gasteiger partial charge < -0.3 is 15.7 Å². The maximum Gasteiger partial charge on any atom is 0.304 e. The minimum Gasteiger partial charge on any atom is -0.481 e. The van der Waals surface area contributed by atoms with E-state index < -0.39 is 5.97 Å². The Morgan fingerprint density at radius 3 is 2.79 bits per heavy atom. The van der Waals surface area contributed by atoms with Gasteiger partial charge >= 0.3 is 5.97 Å². The first-order valence-corrected chi connectivity index (χ1v) is 5.11. The van der Waals surface area contributed by atoms with E-state index in [1.165, 1.54) is 0 Å². The molecule has 0 amide bonds. The van der Waals surface area contributed by atoms with E-state index in [0.29, 0.717) is 6.54 Å². The van der Waals surface area contributed by atoms with Gasteiger partial charge in [-0.2, -0.15) is 0 Å². The predicted molar refractivity (Wildman–Crippen MR) is 55.1 cm³/mol. The number of carboxylic acid groups (broad SMARTS) is 1. The standard InChI is InChI=1S/C10H20N2O2/c1-10(2)7-12(5-3-8(10)11)6-4-9(13)14/h8H,3-7,11H2,1-2H3,(H,13,14). The summed E-state index contributed by atoms with van der Waals surface area (Å²) in [5, 5.41) is 8.57. The second-order valence-electron chi connectivity index (χ2n) is 4.80. The zero-order valence-corrected chi connectivity index (χ0v) is 8.99. The van der Waals surface area contributed by atoms with Crippen molar-refractivity contribution in [3.63, 3.8) is 0 Å². The maximum absolute atomic E-state index is 10.4. The van der Waals surface area contributed by atoms with E-state index in [1.54, 1.807) is 0 Å². The molecule has 1 unspecified atom stereocenters. The summed E-state index contributed by atoms with van der Waals surface area (Å²) < 4.78 is 0. The Morgan fingerprint density at radius 1 is 1.64 bits per heavy atom. The number of piperidine rings is 1. The van der Waals surface area contributed by atoms with Gasteiger partial charge in [-0.15, -0.1) is 0 Å². The molecule has 4 nitrogen and oxygen atoms in total. The second kappa shape index (κ2) is 4.28. The Kier molecular flexibility index (Phi) is 3.50. The lowest BCUT2D eigenvalue weighted by Gasteiger charge is -2.42. The van der Waals surface area contributed by atoms with Crippen LogP contribution in [0, 0.1) is 5.41 Å². The number of carbonyl (C=O) groups is 1. The first-order valence-electron chi connectivity index (χ1n) is 5.11. The molecule has 0 aromatic carbocycles. The molecule has 14 heavy (non-hydrogen) atoms. The van der Waals surface area contributed by atoms with Crippen LogP contribution >= 0.6 is 0 Å². The van der Waals surface area contributed by atoms with Crippen LogP contribution in [0.3, 0.4) is 0 Å². The van der Waals surface area contributed by atoms with E-state index in [2.05, 4.69) is 18.7 Å². The highest BCUT2D eigenvalue weighted by molar-refractivity contribution is 5.66. The highest BCUT2D eigenvalue weighted by atomic mass is 16.4. The predicted octanol–water partition coefficient (Wildman–Crippen LogP) is 0.520. The zero-order valence-electron chi connectivity index (χ0n) is 8.99. The Hall–Kier alpha value is -0.610. The monoisotopic (exact) mass is 200 g/mol. The van der Waals surface area contributed by atoms with Gasteiger partial charge in [0.05, 0.1) is 6.42 Å². The fourth-order valence-electron chi connectivity index (χ4n) is 1.93. The molecule has 0 bridgehead atoms. The maximum atomic E-state index is 10.4. The van der Waals surface area contributed by atoms with Gasteiger partial charge in [0.2, 0.25) is 0 Å². The van der Waals surface area contributed by atoms with E-state index >= 15 is 0 Å². The summed E-state index contributed by atoms with van der Waals surface area (Å²) in [6, 6.07) is 0.239. The van der Waals surface area contributed by atoms with E-state index in [4.69, 9.17) is 10.8 Å². The molecular weight excluding hydrogens is 180 g/mol.